The Bertz CT molecular complexity index is 2310. The molecule has 0 aliphatic carbocycles. The largest absolute Gasteiger partial charge is 0.475 e. The zero-order valence-corrected chi connectivity index (χ0v) is 30.8. The van der Waals surface area contributed by atoms with Crippen LogP contribution in [0, 0.1) is 0 Å². The van der Waals surface area contributed by atoms with Crippen LogP contribution < -0.4 is 26.5 Å². The molecule has 0 bridgehead atoms. The maximum Gasteiger partial charge on any atom is 0.251 e. The Kier molecular flexibility index (Phi) is 11.7. The molecular formula is C42H44N8O5. The topological polar surface area (TPSA) is 158 Å². The second kappa shape index (κ2) is 17.3. The lowest BCUT2D eigenvalue weighted by Gasteiger charge is -2.23. The number of benzene rings is 2. The second-order valence-electron chi connectivity index (χ2n) is 13.6. The van der Waals surface area contributed by atoms with Crippen molar-refractivity contribution in [2.45, 2.75) is 50.9 Å². The van der Waals surface area contributed by atoms with Gasteiger partial charge in [-0.1, -0.05) is 60.7 Å². The SMILES string of the molecule is CC(c1ccccc1)n1ccc(-c2ccnc(N[C@@H](C)COc3cc(-c4ccn(C(CO)c5ccccc5)c(=O)c4)nc(NC4CCOCC4)n3)n2)cc1=O. The standard InChI is InChI=1S/C42H44N8O5/c1-28(44-41-43-18-13-35(46-41)32-14-19-49(39(52)23-32)29(2)30-9-5-3-6-10-30)27-55-38-25-36(47-42(48-38)45-34-16-21-54-22-17-34)33-15-20-50(40(53)24-33)37(26-51)31-11-7-4-8-12-31/h3-15,18-20,23-25,28-29,34,37,51H,16-17,21-22,26-27H2,1-2H3,(H,43,44,46)(H,45,47,48)/t28-,29?,37?/m0/s1. The van der Waals surface area contributed by atoms with Crippen LogP contribution >= 0.6 is 0 Å². The van der Waals surface area contributed by atoms with E-state index in [4.69, 9.17) is 14.5 Å². The molecule has 1 fully saturated rings. The van der Waals surface area contributed by atoms with E-state index in [1.165, 1.54) is 10.6 Å². The summed E-state index contributed by atoms with van der Waals surface area (Å²) in [5.74, 6) is 1.10. The summed E-state index contributed by atoms with van der Waals surface area (Å²) in [5.41, 5.74) is 3.89. The van der Waals surface area contributed by atoms with Crippen LogP contribution in [0.25, 0.3) is 22.5 Å². The minimum Gasteiger partial charge on any atom is -0.475 e. The lowest BCUT2D eigenvalue weighted by Crippen LogP contribution is -2.29. The van der Waals surface area contributed by atoms with E-state index in [0.29, 0.717) is 53.5 Å². The van der Waals surface area contributed by atoms with Crippen molar-refractivity contribution in [2.75, 3.05) is 37.1 Å². The molecule has 13 heteroatoms. The monoisotopic (exact) mass is 740 g/mol. The smallest absolute Gasteiger partial charge is 0.251 e. The molecule has 1 aliphatic rings. The highest BCUT2D eigenvalue weighted by Crippen LogP contribution is 2.25. The average Bonchev–Trinajstić information content (AvgIpc) is 3.22. The molecule has 7 rings (SSSR count). The van der Waals surface area contributed by atoms with Gasteiger partial charge >= 0.3 is 0 Å². The molecule has 13 nitrogen and oxygen atoms in total. The summed E-state index contributed by atoms with van der Waals surface area (Å²) in [4.78, 5) is 45.0. The van der Waals surface area contributed by atoms with Crippen molar-refractivity contribution in [2.24, 2.45) is 0 Å². The van der Waals surface area contributed by atoms with Crippen LogP contribution in [-0.2, 0) is 4.74 Å². The predicted octanol–water partition coefficient (Wildman–Crippen LogP) is 5.59. The Morgan fingerprint density at radius 3 is 2.09 bits per heavy atom. The number of anilines is 2. The van der Waals surface area contributed by atoms with Gasteiger partial charge in [0.05, 0.1) is 36.1 Å². The van der Waals surface area contributed by atoms with Crippen LogP contribution in [0.2, 0.25) is 0 Å². The predicted molar refractivity (Wildman–Crippen MR) is 211 cm³/mol. The summed E-state index contributed by atoms with van der Waals surface area (Å²) in [6.07, 6.45) is 6.75. The van der Waals surface area contributed by atoms with Crippen molar-refractivity contribution >= 4 is 11.9 Å². The normalized spacial score (nSPS) is 14.8. The summed E-state index contributed by atoms with van der Waals surface area (Å²) in [5, 5.41) is 16.9. The Balaban J connectivity index is 1.06. The Morgan fingerprint density at radius 1 is 0.782 bits per heavy atom. The van der Waals surface area contributed by atoms with Crippen LogP contribution in [0.1, 0.15) is 49.9 Å². The van der Waals surface area contributed by atoms with Gasteiger partial charge in [-0.2, -0.15) is 4.98 Å². The zero-order valence-electron chi connectivity index (χ0n) is 30.8. The third-order valence-electron chi connectivity index (χ3n) is 9.65. The number of aliphatic hydroxyl groups is 1. The molecule has 3 N–H and O–H groups in total. The summed E-state index contributed by atoms with van der Waals surface area (Å²) in [6.45, 7) is 5.22. The fourth-order valence-electron chi connectivity index (χ4n) is 6.59. The van der Waals surface area contributed by atoms with Crippen LogP contribution in [0.5, 0.6) is 5.88 Å². The second-order valence-corrected chi connectivity index (χ2v) is 13.6. The van der Waals surface area contributed by atoms with E-state index in [1.54, 1.807) is 47.4 Å². The fraction of sp³-hybridized carbons (Fsp3) is 0.286. The van der Waals surface area contributed by atoms with Gasteiger partial charge in [-0.3, -0.25) is 9.59 Å². The number of ether oxygens (including phenoxy) is 2. The Morgan fingerprint density at radius 2 is 1.42 bits per heavy atom. The highest BCUT2D eigenvalue weighted by molar-refractivity contribution is 5.61. The van der Waals surface area contributed by atoms with Gasteiger partial charge in [0.1, 0.15) is 6.61 Å². The van der Waals surface area contributed by atoms with Crippen molar-refractivity contribution in [1.29, 1.82) is 0 Å². The van der Waals surface area contributed by atoms with E-state index in [1.807, 2.05) is 80.6 Å². The van der Waals surface area contributed by atoms with Crippen molar-refractivity contribution in [1.82, 2.24) is 29.1 Å². The van der Waals surface area contributed by atoms with E-state index in [9.17, 15) is 14.7 Å². The van der Waals surface area contributed by atoms with Crippen LogP contribution in [-0.4, -0.2) is 72.7 Å². The number of aliphatic hydroxyl groups excluding tert-OH is 1. The van der Waals surface area contributed by atoms with Gasteiger partial charge in [-0.15, -0.1) is 0 Å². The minimum atomic E-state index is -0.520. The highest BCUT2D eigenvalue weighted by atomic mass is 16.5. The fourth-order valence-corrected chi connectivity index (χ4v) is 6.59. The summed E-state index contributed by atoms with van der Waals surface area (Å²) < 4.78 is 15.0. The number of nitrogens with zero attached hydrogens (tertiary/aromatic N) is 6. The molecule has 0 amide bonds. The van der Waals surface area contributed by atoms with Crippen molar-refractivity contribution in [3.05, 3.63) is 147 Å². The van der Waals surface area contributed by atoms with E-state index < -0.39 is 6.04 Å². The number of hydrogen-bond acceptors (Lipinski definition) is 11. The van der Waals surface area contributed by atoms with Gasteiger partial charge in [-0.05, 0) is 56.0 Å². The molecule has 4 aromatic heterocycles. The number of aromatic nitrogens is 6. The van der Waals surface area contributed by atoms with Crippen LogP contribution in [0.15, 0.2) is 125 Å². The third kappa shape index (κ3) is 9.14. The van der Waals surface area contributed by atoms with E-state index in [2.05, 4.69) is 25.6 Å². The van der Waals surface area contributed by atoms with E-state index in [0.717, 1.165) is 24.0 Å². The molecule has 2 unspecified atom stereocenters. The van der Waals surface area contributed by atoms with Gasteiger partial charge < -0.3 is 34.3 Å². The lowest BCUT2D eigenvalue weighted by atomic mass is 10.1. The lowest BCUT2D eigenvalue weighted by molar-refractivity contribution is 0.0903. The molecule has 1 aliphatic heterocycles. The summed E-state index contributed by atoms with van der Waals surface area (Å²) in [6, 6.07) is 28.8. The van der Waals surface area contributed by atoms with E-state index >= 15 is 0 Å². The Hall–Kier alpha value is -6.18. The van der Waals surface area contributed by atoms with Crippen LogP contribution in [0.3, 0.4) is 0 Å². The van der Waals surface area contributed by atoms with Gasteiger partial charge in [0.25, 0.3) is 11.1 Å². The first-order chi connectivity index (χ1) is 26.8. The van der Waals surface area contributed by atoms with Gasteiger partial charge in [0.2, 0.25) is 17.8 Å². The molecule has 0 saturated carbocycles. The highest BCUT2D eigenvalue weighted by Gasteiger charge is 2.19. The molecule has 0 radical (unpaired) electrons. The number of pyridine rings is 2. The average molecular weight is 741 g/mol. The molecule has 0 spiro atoms. The van der Waals surface area contributed by atoms with E-state index in [-0.39, 0.29) is 42.5 Å². The number of nitrogens with one attached hydrogen (secondary N) is 2. The molecule has 6 aromatic rings. The molecule has 5 heterocycles. The number of hydrogen-bond donors (Lipinski definition) is 3. The zero-order chi connectivity index (χ0) is 38.1. The molecule has 3 atom stereocenters. The first-order valence-electron chi connectivity index (χ1n) is 18.5. The van der Waals surface area contributed by atoms with Gasteiger partial charge in [0.15, 0.2) is 0 Å². The Labute approximate surface area is 318 Å². The summed E-state index contributed by atoms with van der Waals surface area (Å²) in [7, 11) is 0. The molecule has 2 aromatic carbocycles. The van der Waals surface area contributed by atoms with Crippen molar-refractivity contribution in [3.63, 3.8) is 0 Å². The maximum atomic E-state index is 13.4. The van der Waals surface area contributed by atoms with Crippen molar-refractivity contribution in [3.8, 4) is 28.4 Å². The molecule has 55 heavy (non-hydrogen) atoms. The maximum absolute atomic E-state index is 13.4. The summed E-state index contributed by atoms with van der Waals surface area (Å²) >= 11 is 0. The molecule has 282 valence electrons. The van der Waals surface area contributed by atoms with Gasteiger partial charge in [-0.25, -0.2) is 15.0 Å². The van der Waals surface area contributed by atoms with Crippen molar-refractivity contribution < 1.29 is 14.6 Å². The first-order valence-corrected chi connectivity index (χ1v) is 18.5. The van der Waals surface area contributed by atoms with Gasteiger partial charge in [0, 0.05) is 67.2 Å². The first kappa shape index (κ1) is 37.1. The minimum absolute atomic E-state index is 0.112. The molecular weight excluding hydrogens is 697 g/mol. The van der Waals surface area contributed by atoms with Crippen LogP contribution in [0.4, 0.5) is 11.9 Å². The third-order valence-corrected chi connectivity index (χ3v) is 9.65. The molecule has 1 saturated heterocycles. The number of rotatable bonds is 14. The quantitative estimate of drug-likeness (QED) is 0.128.